The number of benzene rings is 3. The first-order valence-electron chi connectivity index (χ1n) is 9.80. The Balaban J connectivity index is 1.91. The summed E-state index contributed by atoms with van der Waals surface area (Å²) in [5.41, 5.74) is -0.538. The number of anilines is 1. The number of amides is 1. The molecule has 0 spiro atoms. The van der Waals surface area contributed by atoms with Gasteiger partial charge in [-0.1, -0.05) is 41.4 Å². The first-order valence-corrected chi connectivity index (χ1v) is 12.0. The van der Waals surface area contributed by atoms with E-state index in [1.807, 2.05) is 0 Å². The molecule has 0 saturated carbocycles. The first kappa shape index (κ1) is 26.5. The van der Waals surface area contributed by atoms with E-state index in [1.54, 1.807) is 12.1 Å². The lowest BCUT2D eigenvalue weighted by Gasteiger charge is -2.13. The van der Waals surface area contributed by atoms with Gasteiger partial charge in [0.2, 0.25) is 5.75 Å². The number of halogens is 2. The van der Waals surface area contributed by atoms with Crippen LogP contribution in [0.5, 0.6) is 11.5 Å². The Hall–Kier alpha value is -4.11. The number of carbonyl (C=O) groups is 1. The number of rotatable bonds is 8. The predicted molar refractivity (Wildman–Crippen MR) is 133 cm³/mol. The fraction of sp³-hybridized carbons (Fsp3) is 0.0435. The molecule has 0 aliphatic rings. The van der Waals surface area contributed by atoms with Crippen molar-refractivity contribution in [1.82, 2.24) is 0 Å². The Bertz CT molecular complexity index is 1520. The topological polar surface area (TPSA) is 149 Å². The molecule has 0 heterocycles. The highest BCUT2D eigenvalue weighted by molar-refractivity contribution is 7.87. The molecule has 0 bridgehead atoms. The van der Waals surface area contributed by atoms with Crippen LogP contribution in [0.25, 0.3) is 6.08 Å². The molecule has 184 valence electrons. The van der Waals surface area contributed by atoms with E-state index in [2.05, 4.69) is 5.32 Å². The van der Waals surface area contributed by atoms with Crippen LogP contribution in [0.3, 0.4) is 0 Å². The van der Waals surface area contributed by atoms with Crippen LogP contribution in [0.4, 0.5) is 11.4 Å². The van der Waals surface area contributed by atoms with E-state index in [1.165, 1.54) is 61.7 Å². The monoisotopic (exact) mass is 547 g/mol. The van der Waals surface area contributed by atoms with Crippen molar-refractivity contribution in [2.45, 2.75) is 4.90 Å². The standard InChI is InChI=1S/C23H15Cl2N3O7S/c1-34-21-11-14(10-19(25)22(21)35-36(32,33)17-5-3-2-4-6-17)9-15(13-26)23(29)27-16-7-8-18(24)20(12-16)28(30)31/h2-12H,1H3,(H,27,29)/b15-9+. The second kappa shape index (κ2) is 11.1. The van der Waals surface area contributed by atoms with Gasteiger partial charge in [-0.2, -0.15) is 13.7 Å². The van der Waals surface area contributed by atoms with Crippen molar-refractivity contribution in [2.24, 2.45) is 0 Å². The molecule has 36 heavy (non-hydrogen) atoms. The zero-order chi connectivity index (χ0) is 26.5. The van der Waals surface area contributed by atoms with Crippen LogP contribution in [-0.2, 0) is 14.9 Å². The summed E-state index contributed by atoms with van der Waals surface area (Å²) in [7, 11) is -2.97. The zero-order valence-corrected chi connectivity index (χ0v) is 20.6. The lowest BCUT2D eigenvalue weighted by molar-refractivity contribution is -0.384. The number of methoxy groups -OCH3 is 1. The second-order valence-electron chi connectivity index (χ2n) is 6.93. The number of nitriles is 1. The molecule has 0 saturated heterocycles. The third kappa shape index (κ3) is 6.11. The molecule has 0 unspecified atom stereocenters. The minimum Gasteiger partial charge on any atom is -0.493 e. The summed E-state index contributed by atoms with van der Waals surface area (Å²) in [6.07, 6.45) is 1.17. The highest BCUT2D eigenvalue weighted by Crippen LogP contribution is 2.39. The lowest BCUT2D eigenvalue weighted by atomic mass is 10.1. The average Bonchev–Trinajstić information content (AvgIpc) is 2.85. The number of hydrogen-bond acceptors (Lipinski definition) is 8. The van der Waals surface area contributed by atoms with E-state index in [0.717, 1.165) is 6.07 Å². The third-order valence-corrected chi connectivity index (χ3v) is 6.39. The van der Waals surface area contributed by atoms with Crippen molar-refractivity contribution in [1.29, 1.82) is 5.26 Å². The Morgan fingerprint density at radius 2 is 1.81 bits per heavy atom. The Labute approximate surface area is 215 Å². The Morgan fingerprint density at radius 3 is 2.42 bits per heavy atom. The summed E-state index contributed by atoms with van der Waals surface area (Å²) in [4.78, 5) is 22.8. The van der Waals surface area contributed by atoms with Crippen molar-refractivity contribution >= 4 is 56.7 Å². The average molecular weight is 548 g/mol. The van der Waals surface area contributed by atoms with Crippen LogP contribution in [0, 0.1) is 21.4 Å². The maximum absolute atomic E-state index is 12.6. The summed E-state index contributed by atoms with van der Waals surface area (Å²) < 4.78 is 35.6. The fourth-order valence-electron chi connectivity index (χ4n) is 2.89. The highest BCUT2D eigenvalue weighted by atomic mass is 35.5. The molecule has 0 aliphatic heterocycles. The van der Waals surface area contributed by atoms with E-state index in [9.17, 15) is 28.6 Å². The van der Waals surface area contributed by atoms with Gasteiger partial charge in [0.1, 0.15) is 21.6 Å². The smallest absolute Gasteiger partial charge is 0.339 e. The Morgan fingerprint density at radius 1 is 1.11 bits per heavy atom. The zero-order valence-electron chi connectivity index (χ0n) is 18.3. The largest absolute Gasteiger partial charge is 0.493 e. The Kier molecular flexibility index (Phi) is 8.16. The van der Waals surface area contributed by atoms with E-state index in [0.29, 0.717) is 0 Å². The maximum Gasteiger partial charge on any atom is 0.339 e. The maximum atomic E-state index is 12.6. The van der Waals surface area contributed by atoms with Crippen molar-refractivity contribution in [3.8, 4) is 17.6 Å². The summed E-state index contributed by atoms with van der Waals surface area (Å²) in [6, 6.07) is 15.3. The normalized spacial score (nSPS) is 11.3. The number of nitrogens with zero attached hydrogens (tertiary/aromatic N) is 2. The van der Waals surface area contributed by atoms with Gasteiger partial charge in [-0.3, -0.25) is 14.9 Å². The van der Waals surface area contributed by atoms with Gasteiger partial charge in [-0.15, -0.1) is 0 Å². The number of nitrogens with one attached hydrogen (secondary N) is 1. The van der Waals surface area contributed by atoms with Crippen molar-refractivity contribution in [2.75, 3.05) is 12.4 Å². The minimum atomic E-state index is -4.22. The number of nitro benzene ring substituents is 1. The molecular weight excluding hydrogens is 533 g/mol. The molecule has 1 N–H and O–H groups in total. The molecular formula is C23H15Cl2N3O7S. The van der Waals surface area contributed by atoms with Gasteiger partial charge >= 0.3 is 10.1 Å². The lowest BCUT2D eigenvalue weighted by Crippen LogP contribution is -2.13. The third-order valence-electron chi connectivity index (χ3n) is 4.55. The number of ether oxygens (including phenoxy) is 1. The van der Waals surface area contributed by atoms with Crippen molar-refractivity contribution in [3.05, 3.63) is 92.0 Å². The molecule has 0 radical (unpaired) electrons. The minimum absolute atomic E-state index is 0.0442. The molecule has 13 heteroatoms. The quantitative estimate of drug-likeness (QED) is 0.132. The van der Waals surface area contributed by atoms with Gasteiger partial charge in [-0.25, -0.2) is 0 Å². The predicted octanol–water partition coefficient (Wildman–Crippen LogP) is 5.22. The van der Waals surface area contributed by atoms with E-state index in [-0.39, 0.29) is 43.3 Å². The molecule has 1 amide bonds. The highest BCUT2D eigenvalue weighted by Gasteiger charge is 2.22. The van der Waals surface area contributed by atoms with Crippen LogP contribution in [0.1, 0.15) is 5.56 Å². The summed E-state index contributed by atoms with van der Waals surface area (Å²) in [5, 5.41) is 22.6. The number of carbonyl (C=O) groups excluding carboxylic acids is 1. The summed E-state index contributed by atoms with van der Waals surface area (Å²) in [6.45, 7) is 0. The second-order valence-corrected chi connectivity index (χ2v) is 9.29. The molecule has 10 nitrogen and oxygen atoms in total. The molecule has 0 aliphatic carbocycles. The fourth-order valence-corrected chi connectivity index (χ4v) is 4.36. The van der Waals surface area contributed by atoms with Gasteiger partial charge in [0.25, 0.3) is 11.6 Å². The van der Waals surface area contributed by atoms with Crippen LogP contribution in [0.15, 0.2) is 71.1 Å². The molecule has 0 atom stereocenters. The first-order chi connectivity index (χ1) is 17.1. The SMILES string of the molecule is COc1cc(/C=C(\C#N)C(=O)Nc2ccc(Cl)c([N+](=O)[O-])c2)cc(Cl)c1OS(=O)(=O)c1ccccc1. The van der Waals surface area contributed by atoms with Gasteiger partial charge < -0.3 is 14.2 Å². The molecule has 3 rings (SSSR count). The van der Waals surface area contributed by atoms with Crippen LogP contribution >= 0.6 is 23.2 Å². The van der Waals surface area contributed by atoms with Crippen molar-refractivity contribution in [3.63, 3.8) is 0 Å². The number of nitro groups is 1. The molecule has 0 aromatic heterocycles. The molecule has 3 aromatic carbocycles. The van der Waals surface area contributed by atoms with E-state index < -0.39 is 26.6 Å². The van der Waals surface area contributed by atoms with Crippen LogP contribution in [-0.4, -0.2) is 26.4 Å². The van der Waals surface area contributed by atoms with Crippen molar-refractivity contribution < 1.29 is 27.1 Å². The van der Waals surface area contributed by atoms with Gasteiger partial charge in [0.05, 0.1) is 17.1 Å². The molecule has 0 fully saturated rings. The van der Waals surface area contributed by atoms with Crippen LogP contribution < -0.4 is 14.2 Å². The van der Waals surface area contributed by atoms with Gasteiger partial charge in [-0.05, 0) is 48.0 Å². The van der Waals surface area contributed by atoms with E-state index >= 15 is 0 Å². The van der Waals surface area contributed by atoms with Gasteiger partial charge in [0.15, 0.2) is 5.75 Å². The van der Waals surface area contributed by atoms with E-state index in [4.69, 9.17) is 32.1 Å². The van der Waals surface area contributed by atoms with Gasteiger partial charge in [0, 0.05) is 11.8 Å². The van der Waals surface area contributed by atoms with Crippen LogP contribution in [0.2, 0.25) is 10.0 Å². The summed E-state index contributed by atoms with van der Waals surface area (Å²) >= 11 is 12.0. The molecule has 3 aromatic rings. The summed E-state index contributed by atoms with van der Waals surface area (Å²) in [5.74, 6) is -1.22. The number of hydrogen-bond donors (Lipinski definition) is 1.